The lowest BCUT2D eigenvalue weighted by Gasteiger charge is -2.61. The highest BCUT2D eigenvalue weighted by Gasteiger charge is 2.59. The summed E-state index contributed by atoms with van der Waals surface area (Å²) in [5.74, 6) is 3.28. The number of methoxy groups -OCH3 is 2. The van der Waals surface area contributed by atoms with Gasteiger partial charge < -0.3 is 14.6 Å². The SMILES string of the molecule is COC[C@]1(O)CCC[C@H]2[C@@H]3CCC4=C(CC=C(OC)C4)C3CC[C@@]21C. The predicted octanol–water partition coefficient (Wildman–Crippen LogP) is 4.61. The molecule has 1 unspecified atom stereocenters. The normalized spacial score (nSPS) is 43.7. The van der Waals surface area contributed by atoms with Crippen molar-refractivity contribution in [2.24, 2.45) is 23.2 Å². The van der Waals surface area contributed by atoms with E-state index in [-0.39, 0.29) is 5.41 Å². The maximum absolute atomic E-state index is 11.5. The van der Waals surface area contributed by atoms with Gasteiger partial charge in [-0.25, -0.2) is 0 Å². The van der Waals surface area contributed by atoms with E-state index in [2.05, 4.69) is 13.0 Å². The minimum atomic E-state index is -0.639. The van der Waals surface area contributed by atoms with Crippen molar-refractivity contribution in [1.29, 1.82) is 0 Å². The van der Waals surface area contributed by atoms with Crippen molar-refractivity contribution in [2.75, 3.05) is 20.8 Å². The van der Waals surface area contributed by atoms with Crippen molar-refractivity contribution >= 4 is 0 Å². The van der Waals surface area contributed by atoms with Crippen LogP contribution in [0.1, 0.15) is 64.7 Å². The van der Waals surface area contributed by atoms with E-state index < -0.39 is 5.60 Å². The second-order valence-corrected chi connectivity index (χ2v) is 9.11. The molecule has 4 aliphatic rings. The molecule has 3 heteroatoms. The highest BCUT2D eigenvalue weighted by molar-refractivity contribution is 5.32. The quantitative estimate of drug-likeness (QED) is 0.758. The summed E-state index contributed by atoms with van der Waals surface area (Å²) in [6, 6.07) is 0. The van der Waals surface area contributed by atoms with Crippen molar-refractivity contribution in [2.45, 2.75) is 70.3 Å². The molecule has 2 saturated carbocycles. The number of fused-ring (bicyclic) bond motifs is 4. The van der Waals surface area contributed by atoms with Gasteiger partial charge in [-0.1, -0.05) is 24.5 Å². The third-order valence-corrected chi connectivity index (χ3v) is 8.26. The van der Waals surface area contributed by atoms with E-state index in [4.69, 9.17) is 9.47 Å². The van der Waals surface area contributed by atoms with Gasteiger partial charge in [0.25, 0.3) is 0 Å². The summed E-state index contributed by atoms with van der Waals surface area (Å²) < 4.78 is 11.0. The smallest absolute Gasteiger partial charge is 0.0959 e. The zero-order valence-electron chi connectivity index (χ0n) is 16.1. The van der Waals surface area contributed by atoms with E-state index in [1.165, 1.54) is 25.7 Å². The third-order valence-electron chi connectivity index (χ3n) is 8.26. The fourth-order valence-corrected chi connectivity index (χ4v) is 6.85. The molecule has 5 atom stereocenters. The number of hydrogen-bond donors (Lipinski definition) is 1. The van der Waals surface area contributed by atoms with Gasteiger partial charge in [0.2, 0.25) is 0 Å². The molecular formula is C22H34O3. The number of aliphatic hydroxyl groups is 1. The average Bonchev–Trinajstić information content (AvgIpc) is 2.62. The van der Waals surface area contributed by atoms with Gasteiger partial charge in [-0.15, -0.1) is 0 Å². The Labute approximate surface area is 152 Å². The predicted molar refractivity (Wildman–Crippen MR) is 99.1 cm³/mol. The molecule has 0 bridgehead atoms. The van der Waals surface area contributed by atoms with Gasteiger partial charge in [0.15, 0.2) is 0 Å². The molecule has 2 fully saturated rings. The molecule has 25 heavy (non-hydrogen) atoms. The second-order valence-electron chi connectivity index (χ2n) is 9.11. The fraction of sp³-hybridized carbons (Fsp3) is 0.818. The number of allylic oxidation sites excluding steroid dienone is 3. The Kier molecular flexibility index (Phi) is 4.52. The van der Waals surface area contributed by atoms with E-state index in [0.717, 1.165) is 49.7 Å². The lowest BCUT2D eigenvalue weighted by Crippen LogP contribution is -2.60. The van der Waals surface area contributed by atoms with Gasteiger partial charge in [-0.3, -0.25) is 0 Å². The molecule has 0 aromatic rings. The molecule has 4 rings (SSSR count). The Morgan fingerprint density at radius 3 is 2.80 bits per heavy atom. The molecule has 0 spiro atoms. The van der Waals surface area contributed by atoms with Crippen LogP contribution in [0.4, 0.5) is 0 Å². The fourth-order valence-electron chi connectivity index (χ4n) is 6.85. The molecule has 1 N–H and O–H groups in total. The van der Waals surface area contributed by atoms with Crippen LogP contribution in [0.15, 0.2) is 23.0 Å². The van der Waals surface area contributed by atoms with Gasteiger partial charge in [0, 0.05) is 18.9 Å². The number of rotatable bonds is 3. The van der Waals surface area contributed by atoms with Gasteiger partial charge in [0.1, 0.15) is 0 Å². The standard InChI is InChI=1S/C22H34O3/c1-21-12-10-18-17-9-7-16(25-3)13-15(17)6-8-19(18)20(21)5-4-11-22(21,23)14-24-2/h7,18-20,23H,4-6,8-14H2,1-3H3/t18?,19-,20+,21+,22-/m1/s1. The molecule has 0 saturated heterocycles. The first-order valence-electron chi connectivity index (χ1n) is 10.2. The van der Waals surface area contributed by atoms with Crippen molar-refractivity contribution in [1.82, 2.24) is 0 Å². The molecule has 0 heterocycles. The van der Waals surface area contributed by atoms with Crippen LogP contribution in [0.5, 0.6) is 0 Å². The molecular weight excluding hydrogens is 312 g/mol. The van der Waals surface area contributed by atoms with E-state index >= 15 is 0 Å². The Hall–Kier alpha value is -0.800. The van der Waals surface area contributed by atoms with Crippen molar-refractivity contribution in [3.05, 3.63) is 23.0 Å². The summed E-state index contributed by atoms with van der Waals surface area (Å²) in [5, 5.41) is 11.5. The summed E-state index contributed by atoms with van der Waals surface area (Å²) in [6.07, 6.45) is 12.6. The zero-order chi connectivity index (χ0) is 17.7. The van der Waals surface area contributed by atoms with Crippen LogP contribution in [0, 0.1) is 23.2 Å². The lowest BCUT2D eigenvalue weighted by atomic mass is 9.46. The van der Waals surface area contributed by atoms with Crippen LogP contribution in [0.25, 0.3) is 0 Å². The first-order chi connectivity index (χ1) is 12.0. The van der Waals surface area contributed by atoms with Crippen molar-refractivity contribution in [3.8, 4) is 0 Å². The molecule has 0 amide bonds. The van der Waals surface area contributed by atoms with Crippen LogP contribution in [0.2, 0.25) is 0 Å². The van der Waals surface area contributed by atoms with Crippen LogP contribution in [-0.2, 0) is 9.47 Å². The third kappa shape index (κ3) is 2.61. The summed E-state index contributed by atoms with van der Waals surface area (Å²) >= 11 is 0. The lowest BCUT2D eigenvalue weighted by molar-refractivity contribution is -0.197. The molecule has 0 aliphatic heterocycles. The molecule has 0 aromatic carbocycles. The van der Waals surface area contributed by atoms with E-state index in [1.54, 1.807) is 25.4 Å². The van der Waals surface area contributed by atoms with E-state index in [0.29, 0.717) is 12.5 Å². The summed E-state index contributed by atoms with van der Waals surface area (Å²) in [7, 11) is 3.53. The van der Waals surface area contributed by atoms with Gasteiger partial charge in [-0.05, 0) is 68.8 Å². The van der Waals surface area contributed by atoms with E-state index in [1.807, 2.05) is 0 Å². The summed E-state index contributed by atoms with van der Waals surface area (Å²) in [4.78, 5) is 0. The molecule has 140 valence electrons. The zero-order valence-corrected chi connectivity index (χ0v) is 16.1. The van der Waals surface area contributed by atoms with Crippen molar-refractivity contribution in [3.63, 3.8) is 0 Å². The topological polar surface area (TPSA) is 38.7 Å². The van der Waals surface area contributed by atoms with E-state index in [9.17, 15) is 5.11 Å². The van der Waals surface area contributed by atoms with Crippen LogP contribution < -0.4 is 0 Å². The monoisotopic (exact) mass is 346 g/mol. The minimum absolute atomic E-state index is 0.0166. The maximum Gasteiger partial charge on any atom is 0.0959 e. The van der Waals surface area contributed by atoms with Crippen LogP contribution in [-0.4, -0.2) is 31.5 Å². The molecule has 4 aliphatic carbocycles. The van der Waals surface area contributed by atoms with Crippen molar-refractivity contribution < 1.29 is 14.6 Å². The first-order valence-corrected chi connectivity index (χ1v) is 10.2. The Bertz CT molecular complexity index is 588. The minimum Gasteiger partial charge on any atom is -0.501 e. The number of ether oxygens (including phenoxy) is 2. The van der Waals surface area contributed by atoms with Gasteiger partial charge in [0.05, 0.1) is 25.1 Å². The average molecular weight is 347 g/mol. The largest absolute Gasteiger partial charge is 0.501 e. The molecule has 0 aromatic heterocycles. The first kappa shape index (κ1) is 17.6. The highest BCUT2D eigenvalue weighted by atomic mass is 16.5. The highest BCUT2D eigenvalue weighted by Crippen LogP contribution is 2.62. The summed E-state index contributed by atoms with van der Waals surface area (Å²) in [5.41, 5.74) is 2.76. The second kappa shape index (κ2) is 6.42. The van der Waals surface area contributed by atoms with Crippen LogP contribution >= 0.6 is 0 Å². The van der Waals surface area contributed by atoms with Gasteiger partial charge in [-0.2, -0.15) is 0 Å². The Morgan fingerprint density at radius 2 is 2.04 bits per heavy atom. The van der Waals surface area contributed by atoms with Gasteiger partial charge >= 0.3 is 0 Å². The summed E-state index contributed by atoms with van der Waals surface area (Å²) in [6.45, 7) is 2.85. The molecule has 0 radical (unpaired) electrons. The Morgan fingerprint density at radius 1 is 1.20 bits per heavy atom. The molecule has 3 nitrogen and oxygen atoms in total. The number of hydrogen-bond acceptors (Lipinski definition) is 3. The maximum atomic E-state index is 11.5. The Balaban J connectivity index is 1.61. The van der Waals surface area contributed by atoms with Crippen LogP contribution in [0.3, 0.4) is 0 Å².